The molecule has 5 nitrogen and oxygen atoms in total. The van der Waals surface area contributed by atoms with Gasteiger partial charge in [-0.15, -0.1) is 0 Å². The van der Waals surface area contributed by atoms with E-state index in [1.807, 2.05) is 6.92 Å². The molecule has 1 heterocycles. The van der Waals surface area contributed by atoms with Crippen LogP contribution in [0.15, 0.2) is 4.52 Å². The first-order chi connectivity index (χ1) is 9.48. The van der Waals surface area contributed by atoms with Crippen molar-refractivity contribution in [3.8, 4) is 0 Å². The molecule has 0 saturated heterocycles. The summed E-state index contributed by atoms with van der Waals surface area (Å²) >= 11 is 0. The molecule has 20 heavy (non-hydrogen) atoms. The molecule has 0 spiro atoms. The maximum absolute atomic E-state index is 6.36. The van der Waals surface area contributed by atoms with Crippen LogP contribution in [0.25, 0.3) is 0 Å². The third-order valence-corrected chi connectivity index (χ3v) is 5.07. The molecule has 0 amide bonds. The summed E-state index contributed by atoms with van der Waals surface area (Å²) < 4.78 is 11.3. The third-order valence-electron chi connectivity index (χ3n) is 5.07. The van der Waals surface area contributed by atoms with Crippen molar-refractivity contribution in [1.29, 1.82) is 0 Å². The SMILES string of the molecule is COC1(c2noc(C(C)(N)C3CC3)n2)CCCC(C)C1. The highest BCUT2D eigenvalue weighted by Crippen LogP contribution is 2.45. The minimum absolute atomic E-state index is 0.390. The smallest absolute Gasteiger partial charge is 0.246 e. The van der Waals surface area contributed by atoms with Gasteiger partial charge in [0.05, 0.1) is 5.54 Å². The Labute approximate surface area is 120 Å². The Kier molecular flexibility index (Phi) is 3.37. The molecule has 2 saturated carbocycles. The van der Waals surface area contributed by atoms with Crippen LogP contribution in [0.4, 0.5) is 0 Å². The Hall–Kier alpha value is -0.940. The summed E-state index contributed by atoms with van der Waals surface area (Å²) in [4.78, 5) is 4.62. The van der Waals surface area contributed by atoms with Gasteiger partial charge in [-0.2, -0.15) is 4.98 Å². The maximum atomic E-state index is 6.36. The van der Waals surface area contributed by atoms with Crippen molar-refractivity contribution < 1.29 is 9.26 Å². The summed E-state index contributed by atoms with van der Waals surface area (Å²) in [5.41, 5.74) is 5.47. The number of aromatic nitrogens is 2. The quantitative estimate of drug-likeness (QED) is 0.917. The van der Waals surface area contributed by atoms with Crippen LogP contribution in [0.3, 0.4) is 0 Å². The summed E-state index contributed by atoms with van der Waals surface area (Å²) in [5.74, 6) is 2.33. The van der Waals surface area contributed by atoms with E-state index in [9.17, 15) is 0 Å². The van der Waals surface area contributed by atoms with Crippen LogP contribution in [0.1, 0.15) is 64.1 Å². The van der Waals surface area contributed by atoms with Gasteiger partial charge >= 0.3 is 0 Å². The highest BCUT2D eigenvalue weighted by Gasteiger charge is 2.46. The molecule has 1 aromatic rings. The predicted molar refractivity (Wildman–Crippen MR) is 74.9 cm³/mol. The van der Waals surface area contributed by atoms with E-state index in [4.69, 9.17) is 15.0 Å². The lowest BCUT2D eigenvalue weighted by molar-refractivity contribution is -0.0658. The van der Waals surface area contributed by atoms with Crippen LogP contribution >= 0.6 is 0 Å². The summed E-state index contributed by atoms with van der Waals surface area (Å²) in [6, 6.07) is 0. The van der Waals surface area contributed by atoms with Gasteiger partial charge in [0.1, 0.15) is 5.60 Å². The third kappa shape index (κ3) is 2.27. The number of hydrogen-bond acceptors (Lipinski definition) is 5. The van der Waals surface area contributed by atoms with Crippen LogP contribution in [0, 0.1) is 11.8 Å². The average molecular weight is 279 g/mol. The lowest BCUT2D eigenvalue weighted by Crippen LogP contribution is -2.37. The second-order valence-corrected chi connectivity index (χ2v) is 6.88. The van der Waals surface area contributed by atoms with Gasteiger partial charge in [-0.3, -0.25) is 0 Å². The van der Waals surface area contributed by atoms with Gasteiger partial charge < -0.3 is 15.0 Å². The second-order valence-electron chi connectivity index (χ2n) is 6.88. The number of nitrogens with zero attached hydrogens (tertiary/aromatic N) is 2. The first-order valence-corrected chi connectivity index (χ1v) is 7.66. The Morgan fingerprint density at radius 3 is 2.75 bits per heavy atom. The first-order valence-electron chi connectivity index (χ1n) is 7.66. The number of hydrogen-bond donors (Lipinski definition) is 1. The van der Waals surface area contributed by atoms with Crippen molar-refractivity contribution in [1.82, 2.24) is 10.1 Å². The molecule has 0 radical (unpaired) electrons. The fourth-order valence-electron chi connectivity index (χ4n) is 3.47. The monoisotopic (exact) mass is 279 g/mol. The van der Waals surface area contributed by atoms with Crippen LogP contribution in [0.5, 0.6) is 0 Å². The van der Waals surface area contributed by atoms with Crippen LogP contribution in [-0.2, 0) is 15.9 Å². The molecule has 2 aliphatic rings. The van der Waals surface area contributed by atoms with E-state index in [1.165, 1.54) is 6.42 Å². The zero-order valence-electron chi connectivity index (χ0n) is 12.7. The van der Waals surface area contributed by atoms with Crippen LogP contribution in [-0.4, -0.2) is 17.3 Å². The Morgan fingerprint density at radius 2 is 2.15 bits per heavy atom. The summed E-state index contributed by atoms with van der Waals surface area (Å²) in [7, 11) is 1.75. The number of ether oxygens (including phenoxy) is 1. The van der Waals surface area contributed by atoms with E-state index in [0.717, 1.165) is 32.1 Å². The number of methoxy groups -OCH3 is 1. The molecular formula is C15H25N3O2. The van der Waals surface area contributed by atoms with Crippen molar-refractivity contribution >= 4 is 0 Å². The van der Waals surface area contributed by atoms with Gasteiger partial charge in [0.25, 0.3) is 0 Å². The molecule has 112 valence electrons. The van der Waals surface area contributed by atoms with Crippen molar-refractivity contribution in [3.05, 3.63) is 11.7 Å². The predicted octanol–water partition coefficient (Wildman–Crippen LogP) is 2.71. The van der Waals surface area contributed by atoms with E-state index < -0.39 is 5.54 Å². The molecule has 0 aliphatic heterocycles. The molecule has 1 aromatic heterocycles. The van der Waals surface area contributed by atoms with E-state index in [-0.39, 0.29) is 5.60 Å². The maximum Gasteiger partial charge on any atom is 0.246 e. The molecule has 2 N–H and O–H groups in total. The van der Waals surface area contributed by atoms with Gasteiger partial charge in [0, 0.05) is 7.11 Å². The number of nitrogens with two attached hydrogens (primary N) is 1. The van der Waals surface area contributed by atoms with E-state index in [2.05, 4.69) is 17.1 Å². The standard InChI is InChI=1S/C15H25N3O2/c1-10-5-4-8-15(9-10,19-3)12-17-13(20-18-12)14(2,16)11-6-7-11/h10-11H,4-9,16H2,1-3H3. The normalized spacial score (nSPS) is 33.9. The zero-order chi connectivity index (χ0) is 14.4. The summed E-state index contributed by atoms with van der Waals surface area (Å²) in [5, 5.41) is 4.20. The van der Waals surface area contributed by atoms with Gasteiger partial charge in [-0.05, 0) is 50.9 Å². The minimum Gasteiger partial charge on any atom is -0.370 e. The Balaban J connectivity index is 1.88. The number of rotatable bonds is 4. The highest BCUT2D eigenvalue weighted by atomic mass is 16.5. The zero-order valence-corrected chi connectivity index (χ0v) is 12.7. The molecular weight excluding hydrogens is 254 g/mol. The van der Waals surface area contributed by atoms with Gasteiger partial charge in [0.2, 0.25) is 11.7 Å². The molecule has 3 rings (SSSR count). The fourth-order valence-corrected chi connectivity index (χ4v) is 3.47. The fraction of sp³-hybridized carbons (Fsp3) is 0.867. The topological polar surface area (TPSA) is 74.2 Å². The van der Waals surface area contributed by atoms with E-state index >= 15 is 0 Å². The Bertz CT molecular complexity index is 481. The molecule has 3 atom stereocenters. The molecule has 0 bridgehead atoms. The molecule has 0 aromatic carbocycles. The van der Waals surface area contributed by atoms with Crippen LogP contribution in [0.2, 0.25) is 0 Å². The lowest BCUT2D eigenvalue weighted by atomic mass is 9.78. The minimum atomic E-state index is -0.500. The van der Waals surface area contributed by atoms with E-state index in [0.29, 0.717) is 23.6 Å². The summed E-state index contributed by atoms with van der Waals surface area (Å²) in [6.07, 6.45) is 6.59. The first kappa shape index (κ1) is 14.0. The lowest BCUT2D eigenvalue weighted by Gasteiger charge is -2.36. The summed E-state index contributed by atoms with van der Waals surface area (Å²) in [6.45, 7) is 4.25. The highest BCUT2D eigenvalue weighted by molar-refractivity contribution is 5.11. The van der Waals surface area contributed by atoms with Crippen molar-refractivity contribution in [2.75, 3.05) is 7.11 Å². The molecule has 5 heteroatoms. The second kappa shape index (κ2) is 4.81. The van der Waals surface area contributed by atoms with E-state index in [1.54, 1.807) is 7.11 Å². The van der Waals surface area contributed by atoms with Gasteiger partial charge in [-0.25, -0.2) is 0 Å². The van der Waals surface area contributed by atoms with Crippen molar-refractivity contribution in [3.63, 3.8) is 0 Å². The average Bonchev–Trinajstić information content (AvgIpc) is 3.16. The van der Waals surface area contributed by atoms with Crippen molar-refractivity contribution in [2.45, 2.75) is 63.5 Å². The molecule has 3 unspecified atom stereocenters. The largest absolute Gasteiger partial charge is 0.370 e. The van der Waals surface area contributed by atoms with Gasteiger partial charge in [0.15, 0.2) is 0 Å². The Morgan fingerprint density at radius 1 is 1.40 bits per heavy atom. The van der Waals surface area contributed by atoms with Gasteiger partial charge in [-0.1, -0.05) is 18.5 Å². The van der Waals surface area contributed by atoms with Crippen LogP contribution < -0.4 is 5.73 Å². The molecule has 2 fully saturated rings. The molecule has 2 aliphatic carbocycles. The van der Waals surface area contributed by atoms with Crippen molar-refractivity contribution in [2.24, 2.45) is 17.6 Å².